The van der Waals surface area contributed by atoms with Gasteiger partial charge in [0, 0.05) is 12.6 Å². The lowest BCUT2D eigenvalue weighted by molar-refractivity contribution is 0.107. The molecule has 1 aliphatic rings. The molecule has 1 aliphatic heterocycles. The van der Waals surface area contributed by atoms with E-state index >= 15 is 0 Å². The summed E-state index contributed by atoms with van der Waals surface area (Å²) < 4.78 is 0.521. The molecule has 2 unspecified atom stereocenters. The second-order valence-corrected chi connectivity index (χ2v) is 6.25. The lowest BCUT2D eigenvalue weighted by Gasteiger charge is -2.38. The van der Waals surface area contributed by atoms with Gasteiger partial charge in [0.25, 0.3) is 0 Å². The first kappa shape index (κ1) is 13.2. The van der Waals surface area contributed by atoms with Crippen LogP contribution in [0, 0.1) is 5.92 Å². The van der Waals surface area contributed by atoms with Crippen LogP contribution in [0.25, 0.3) is 0 Å². The van der Waals surface area contributed by atoms with E-state index in [1.54, 1.807) is 0 Å². The Hall–Kier alpha value is -0.230. The van der Waals surface area contributed by atoms with E-state index in [-0.39, 0.29) is 0 Å². The zero-order chi connectivity index (χ0) is 12.3. The number of halogens is 1. The van der Waals surface area contributed by atoms with Gasteiger partial charge in [0.05, 0.1) is 6.54 Å². The largest absolute Gasteiger partial charge is 0.329 e. The maximum atomic E-state index is 5.87. The van der Waals surface area contributed by atoms with Crippen molar-refractivity contribution in [3.8, 4) is 0 Å². The molecule has 2 N–H and O–H groups in total. The molecule has 0 aromatic carbocycles. The molecule has 0 bridgehead atoms. The van der Waals surface area contributed by atoms with Gasteiger partial charge in [-0.2, -0.15) is 0 Å². The maximum absolute atomic E-state index is 5.87. The van der Waals surface area contributed by atoms with Crippen molar-refractivity contribution >= 4 is 22.9 Å². The monoisotopic (exact) mass is 274 g/mol. The van der Waals surface area contributed by atoms with Crippen molar-refractivity contribution in [1.82, 2.24) is 15.1 Å². The molecule has 1 fully saturated rings. The SMILES string of the molecule is CCC1CCN(Cc2nnc(Cl)s2)C(CN)C1. The van der Waals surface area contributed by atoms with E-state index in [9.17, 15) is 0 Å². The van der Waals surface area contributed by atoms with Crippen molar-refractivity contribution in [2.75, 3.05) is 13.1 Å². The Morgan fingerprint density at radius 2 is 2.35 bits per heavy atom. The zero-order valence-electron chi connectivity index (χ0n) is 10.1. The van der Waals surface area contributed by atoms with Crippen LogP contribution >= 0.6 is 22.9 Å². The van der Waals surface area contributed by atoms with E-state index in [4.69, 9.17) is 17.3 Å². The van der Waals surface area contributed by atoms with Crippen LogP contribution < -0.4 is 5.73 Å². The molecule has 0 amide bonds. The third-order valence-electron chi connectivity index (χ3n) is 3.58. The number of likely N-dealkylation sites (tertiary alicyclic amines) is 1. The lowest BCUT2D eigenvalue weighted by Crippen LogP contribution is -2.45. The number of piperidine rings is 1. The second kappa shape index (κ2) is 6.09. The number of hydrogen-bond donors (Lipinski definition) is 1. The van der Waals surface area contributed by atoms with Gasteiger partial charge in [-0.05, 0) is 36.9 Å². The van der Waals surface area contributed by atoms with Crippen molar-refractivity contribution in [1.29, 1.82) is 0 Å². The Balaban J connectivity index is 1.95. The highest BCUT2D eigenvalue weighted by Crippen LogP contribution is 2.27. The second-order valence-electron chi connectivity index (χ2n) is 4.61. The van der Waals surface area contributed by atoms with Crippen LogP contribution in [0.4, 0.5) is 0 Å². The van der Waals surface area contributed by atoms with Gasteiger partial charge in [-0.3, -0.25) is 4.90 Å². The van der Waals surface area contributed by atoms with E-state index in [0.717, 1.165) is 30.6 Å². The van der Waals surface area contributed by atoms with Crippen LogP contribution in [-0.2, 0) is 6.54 Å². The zero-order valence-corrected chi connectivity index (χ0v) is 11.7. The molecule has 2 heterocycles. The number of hydrogen-bond acceptors (Lipinski definition) is 5. The number of aromatic nitrogens is 2. The topological polar surface area (TPSA) is 55.0 Å². The minimum Gasteiger partial charge on any atom is -0.329 e. The average molecular weight is 275 g/mol. The van der Waals surface area contributed by atoms with Crippen LogP contribution in [0.3, 0.4) is 0 Å². The van der Waals surface area contributed by atoms with Gasteiger partial charge in [0.1, 0.15) is 5.01 Å². The van der Waals surface area contributed by atoms with Crippen molar-refractivity contribution in [3.63, 3.8) is 0 Å². The Labute approximate surface area is 111 Å². The number of rotatable bonds is 4. The summed E-state index contributed by atoms with van der Waals surface area (Å²) in [6, 6.07) is 0.483. The van der Waals surface area contributed by atoms with Crippen LogP contribution in [-0.4, -0.2) is 34.2 Å². The molecule has 1 aromatic heterocycles. The molecule has 0 aliphatic carbocycles. The van der Waals surface area contributed by atoms with Gasteiger partial charge < -0.3 is 5.73 Å². The molecule has 2 atom stereocenters. The Morgan fingerprint density at radius 3 is 2.94 bits per heavy atom. The normalized spacial score (nSPS) is 26.3. The first-order valence-corrected chi connectivity index (χ1v) is 7.34. The van der Waals surface area contributed by atoms with E-state index in [0.29, 0.717) is 10.5 Å². The summed E-state index contributed by atoms with van der Waals surface area (Å²) in [6.45, 7) is 4.93. The van der Waals surface area contributed by atoms with Crippen molar-refractivity contribution in [2.45, 2.75) is 38.8 Å². The van der Waals surface area contributed by atoms with Gasteiger partial charge >= 0.3 is 0 Å². The Morgan fingerprint density at radius 1 is 1.53 bits per heavy atom. The van der Waals surface area contributed by atoms with Gasteiger partial charge in [0.15, 0.2) is 0 Å². The first-order chi connectivity index (χ1) is 8.22. The molecule has 2 rings (SSSR count). The van der Waals surface area contributed by atoms with Crippen LogP contribution in [0.2, 0.25) is 4.47 Å². The molecule has 1 aromatic rings. The van der Waals surface area contributed by atoms with Gasteiger partial charge in [-0.1, -0.05) is 24.7 Å². The lowest BCUT2D eigenvalue weighted by atomic mass is 9.89. The summed E-state index contributed by atoms with van der Waals surface area (Å²) in [5, 5.41) is 8.90. The molecular weight excluding hydrogens is 256 g/mol. The summed E-state index contributed by atoms with van der Waals surface area (Å²) >= 11 is 7.26. The third kappa shape index (κ3) is 3.37. The quantitative estimate of drug-likeness (QED) is 0.914. The third-order valence-corrected chi connectivity index (χ3v) is 4.58. The predicted octanol–water partition coefficient (Wildman–Crippen LogP) is 2.14. The van der Waals surface area contributed by atoms with E-state index in [1.807, 2.05) is 0 Å². The Bertz CT molecular complexity index is 357. The maximum Gasteiger partial charge on any atom is 0.207 e. The molecule has 0 saturated carbocycles. The summed E-state index contributed by atoms with van der Waals surface area (Å²) in [7, 11) is 0. The van der Waals surface area contributed by atoms with E-state index in [2.05, 4.69) is 22.0 Å². The van der Waals surface area contributed by atoms with E-state index < -0.39 is 0 Å². The summed E-state index contributed by atoms with van der Waals surface area (Å²) in [4.78, 5) is 2.42. The van der Waals surface area contributed by atoms with Gasteiger partial charge in [0.2, 0.25) is 4.47 Å². The van der Waals surface area contributed by atoms with Crippen molar-refractivity contribution < 1.29 is 0 Å². The first-order valence-electron chi connectivity index (χ1n) is 6.15. The summed E-state index contributed by atoms with van der Waals surface area (Å²) in [5.74, 6) is 0.831. The summed E-state index contributed by atoms with van der Waals surface area (Å²) in [5.41, 5.74) is 5.87. The fourth-order valence-corrected chi connectivity index (χ4v) is 3.37. The number of nitrogens with two attached hydrogens (primary N) is 1. The summed E-state index contributed by atoms with van der Waals surface area (Å²) in [6.07, 6.45) is 3.73. The van der Waals surface area contributed by atoms with E-state index in [1.165, 1.54) is 30.6 Å². The highest BCUT2D eigenvalue weighted by atomic mass is 35.5. The standard InChI is InChI=1S/C11H19ClN4S/c1-2-8-3-4-16(9(5-8)6-13)7-10-14-15-11(12)17-10/h8-9H,2-7,13H2,1H3. The highest BCUT2D eigenvalue weighted by Gasteiger charge is 2.27. The van der Waals surface area contributed by atoms with Crippen LogP contribution in [0.1, 0.15) is 31.2 Å². The fraction of sp³-hybridized carbons (Fsp3) is 0.818. The molecule has 96 valence electrons. The average Bonchev–Trinajstić information content (AvgIpc) is 2.75. The predicted molar refractivity (Wildman–Crippen MR) is 71.2 cm³/mol. The molecule has 0 spiro atoms. The Kier molecular flexibility index (Phi) is 4.73. The molecule has 4 nitrogen and oxygen atoms in total. The molecule has 6 heteroatoms. The number of nitrogens with zero attached hydrogens (tertiary/aromatic N) is 3. The minimum atomic E-state index is 0.483. The molecular formula is C11H19ClN4S. The fourth-order valence-electron chi connectivity index (χ4n) is 2.48. The van der Waals surface area contributed by atoms with Gasteiger partial charge in [-0.25, -0.2) is 0 Å². The van der Waals surface area contributed by atoms with Crippen LogP contribution in [0.5, 0.6) is 0 Å². The highest BCUT2D eigenvalue weighted by molar-refractivity contribution is 7.15. The minimum absolute atomic E-state index is 0.483. The molecule has 0 radical (unpaired) electrons. The molecule has 1 saturated heterocycles. The van der Waals surface area contributed by atoms with Gasteiger partial charge in [-0.15, -0.1) is 10.2 Å². The van der Waals surface area contributed by atoms with Crippen molar-refractivity contribution in [3.05, 3.63) is 9.47 Å². The molecule has 17 heavy (non-hydrogen) atoms. The van der Waals surface area contributed by atoms with Crippen molar-refractivity contribution in [2.24, 2.45) is 11.7 Å². The smallest absolute Gasteiger partial charge is 0.207 e. The van der Waals surface area contributed by atoms with Crippen LogP contribution in [0.15, 0.2) is 0 Å².